The van der Waals surface area contributed by atoms with Crippen LogP contribution >= 0.6 is 0 Å². The maximum absolute atomic E-state index is 13.1. The molecule has 94 valence electrons. The summed E-state index contributed by atoms with van der Waals surface area (Å²) in [6.45, 7) is 11.1. The van der Waals surface area contributed by atoms with Gasteiger partial charge < -0.3 is 5.32 Å². The lowest BCUT2D eigenvalue weighted by molar-refractivity contribution is 0.401. The summed E-state index contributed by atoms with van der Waals surface area (Å²) in [5.74, 6) is -0.184. The van der Waals surface area contributed by atoms with Crippen molar-refractivity contribution in [2.45, 2.75) is 39.2 Å². The molecule has 0 bridgehead atoms. The van der Waals surface area contributed by atoms with Crippen molar-refractivity contribution in [3.8, 4) is 0 Å². The molecule has 1 aromatic carbocycles. The van der Waals surface area contributed by atoms with Gasteiger partial charge in [0, 0.05) is 0 Å². The zero-order chi connectivity index (χ0) is 12.9. The SMILES string of the molecule is C=C[C@@](CC)(NCCC)c1ccc(F)cc1C. The Labute approximate surface area is 104 Å². The summed E-state index contributed by atoms with van der Waals surface area (Å²) in [7, 11) is 0. The van der Waals surface area contributed by atoms with Gasteiger partial charge in [0.25, 0.3) is 0 Å². The van der Waals surface area contributed by atoms with E-state index in [9.17, 15) is 4.39 Å². The first-order valence-corrected chi connectivity index (χ1v) is 6.25. The minimum absolute atomic E-state index is 0.184. The summed E-state index contributed by atoms with van der Waals surface area (Å²) in [4.78, 5) is 0. The molecule has 2 heteroatoms. The molecule has 1 aromatic rings. The fourth-order valence-corrected chi connectivity index (χ4v) is 2.21. The van der Waals surface area contributed by atoms with E-state index in [-0.39, 0.29) is 11.4 Å². The Balaban J connectivity index is 3.16. The summed E-state index contributed by atoms with van der Waals surface area (Å²) in [5.41, 5.74) is 1.84. The third-order valence-electron chi connectivity index (χ3n) is 3.27. The summed E-state index contributed by atoms with van der Waals surface area (Å²) in [5, 5.41) is 3.52. The first kappa shape index (κ1) is 13.9. The van der Waals surface area contributed by atoms with Crippen molar-refractivity contribution >= 4 is 0 Å². The molecule has 17 heavy (non-hydrogen) atoms. The zero-order valence-electron chi connectivity index (χ0n) is 11.0. The van der Waals surface area contributed by atoms with Gasteiger partial charge in [0.05, 0.1) is 5.54 Å². The van der Waals surface area contributed by atoms with Gasteiger partial charge in [0.15, 0.2) is 0 Å². The number of hydrogen-bond acceptors (Lipinski definition) is 1. The molecule has 1 atom stereocenters. The van der Waals surface area contributed by atoms with Crippen LogP contribution in [0.15, 0.2) is 30.9 Å². The molecule has 1 N–H and O–H groups in total. The van der Waals surface area contributed by atoms with Crippen molar-refractivity contribution in [2.75, 3.05) is 6.54 Å². The molecule has 0 aromatic heterocycles. The molecule has 0 aliphatic carbocycles. The lowest BCUT2D eigenvalue weighted by atomic mass is 9.84. The second kappa shape index (κ2) is 5.97. The van der Waals surface area contributed by atoms with E-state index in [1.807, 2.05) is 19.1 Å². The van der Waals surface area contributed by atoms with E-state index in [2.05, 4.69) is 25.7 Å². The number of halogens is 1. The summed E-state index contributed by atoms with van der Waals surface area (Å²) in [6, 6.07) is 4.96. The van der Waals surface area contributed by atoms with Gasteiger partial charge in [-0.25, -0.2) is 4.39 Å². The molecule has 1 nitrogen and oxygen atoms in total. The number of nitrogens with one attached hydrogen (secondary N) is 1. The van der Waals surface area contributed by atoms with Crippen LogP contribution in [0.5, 0.6) is 0 Å². The zero-order valence-corrected chi connectivity index (χ0v) is 11.0. The second-order valence-electron chi connectivity index (χ2n) is 4.42. The first-order chi connectivity index (χ1) is 8.09. The molecule has 0 spiro atoms. The number of aryl methyl sites for hydroxylation is 1. The van der Waals surface area contributed by atoms with E-state index in [4.69, 9.17) is 0 Å². The molecule has 0 heterocycles. The van der Waals surface area contributed by atoms with Crippen LogP contribution in [0.2, 0.25) is 0 Å². The standard InChI is InChI=1S/C15H22FN/c1-5-10-17-15(6-2,7-3)14-9-8-13(16)11-12(14)4/h6,8-9,11,17H,2,5,7,10H2,1,3-4H3/t15-/m0/s1. The highest BCUT2D eigenvalue weighted by atomic mass is 19.1. The van der Waals surface area contributed by atoms with Crippen molar-refractivity contribution in [3.05, 3.63) is 47.8 Å². The normalized spacial score (nSPS) is 14.4. The molecule has 0 fully saturated rings. The maximum atomic E-state index is 13.1. The quantitative estimate of drug-likeness (QED) is 0.737. The summed E-state index contributed by atoms with van der Waals surface area (Å²) in [6.07, 6.45) is 3.90. The van der Waals surface area contributed by atoms with Gasteiger partial charge in [-0.2, -0.15) is 0 Å². The molecular formula is C15H22FN. The first-order valence-electron chi connectivity index (χ1n) is 6.25. The van der Waals surface area contributed by atoms with Gasteiger partial charge in [-0.3, -0.25) is 0 Å². The van der Waals surface area contributed by atoms with Crippen molar-refractivity contribution in [1.82, 2.24) is 5.32 Å². The number of rotatable bonds is 6. The minimum atomic E-state index is -0.242. The Morgan fingerprint density at radius 3 is 2.59 bits per heavy atom. The molecule has 0 unspecified atom stereocenters. The maximum Gasteiger partial charge on any atom is 0.123 e. The van der Waals surface area contributed by atoms with Crippen LogP contribution in [0.25, 0.3) is 0 Å². The Bertz CT molecular complexity index is 387. The Kier molecular flexibility index (Phi) is 4.88. The molecule has 0 amide bonds. The lowest BCUT2D eigenvalue weighted by Gasteiger charge is -2.33. The Morgan fingerprint density at radius 2 is 2.12 bits per heavy atom. The monoisotopic (exact) mass is 235 g/mol. The summed E-state index contributed by atoms with van der Waals surface area (Å²) >= 11 is 0. The highest BCUT2D eigenvalue weighted by molar-refractivity contribution is 5.36. The number of hydrogen-bond donors (Lipinski definition) is 1. The third-order valence-corrected chi connectivity index (χ3v) is 3.27. The van der Waals surface area contributed by atoms with Crippen LogP contribution in [0, 0.1) is 12.7 Å². The van der Waals surface area contributed by atoms with Gasteiger partial charge >= 0.3 is 0 Å². The second-order valence-corrected chi connectivity index (χ2v) is 4.42. The highest BCUT2D eigenvalue weighted by Crippen LogP contribution is 2.29. The van der Waals surface area contributed by atoms with Crippen molar-refractivity contribution < 1.29 is 4.39 Å². The minimum Gasteiger partial charge on any atom is -0.304 e. The lowest BCUT2D eigenvalue weighted by Crippen LogP contribution is -2.41. The molecule has 0 saturated heterocycles. The van der Waals surface area contributed by atoms with Gasteiger partial charge in [0.2, 0.25) is 0 Å². The molecular weight excluding hydrogens is 213 g/mol. The van der Waals surface area contributed by atoms with Crippen LogP contribution in [0.4, 0.5) is 4.39 Å². The van der Waals surface area contributed by atoms with E-state index in [0.717, 1.165) is 30.5 Å². The van der Waals surface area contributed by atoms with E-state index in [0.29, 0.717) is 0 Å². The van der Waals surface area contributed by atoms with E-state index < -0.39 is 0 Å². The molecule has 0 aliphatic rings. The van der Waals surface area contributed by atoms with Gasteiger partial charge in [-0.05, 0) is 49.6 Å². The summed E-state index contributed by atoms with van der Waals surface area (Å²) < 4.78 is 13.1. The van der Waals surface area contributed by atoms with Crippen LogP contribution < -0.4 is 5.32 Å². The number of benzene rings is 1. The average Bonchev–Trinajstić information content (AvgIpc) is 2.32. The van der Waals surface area contributed by atoms with Crippen molar-refractivity contribution in [1.29, 1.82) is 0 Å². The molecule has 0 aliphatic heterocycles. The Hall–Kier alpha value is -1.15. The molecule has 0 radical (unpaired) electrons. The molecule has 1 rings (SSSR count). The average molecular weight is 235 g/mol. The highest BCUT2D eigenvalue weighted by Gasteiger charge is 2.27. The van der Waals surface area contributed by atoms with Crippen molar-refractivity contribution in [3.63, 3.8) is 0 Å². The fourth-order valence-electron chi connectivity index (χ4n) is 2.21. The van der Waals surface area contributed by atoms with E-state index >= 15 is 0 Å². The van der Waals surface area contributed by atoms with E-state index in [1.165, 1.54) is 6.07 Å². The van der Waals surface area contributed by atoms with Crippen LogP contribution in [0.3, 0.4) is 0 Å². The van der Waals surface area contributed by atoms with Gasteiger partial charge in [-0.15, -0.1) is 6.58 Å². The fraction of sp³-hybridized carbons (Fsp3) is 0.467. The van der Waals surface area contributed by atoms with Crippen LogP contribution in [-0.2, 0) is 5.54 Å². The topological polar surface area (TPSA) is 12.0 Å². The smallest absolute Gasteiger partial charge is 0.123 e. The predicted molar refractivity (Wildman–Crippen MR) is 71.6 cm³/mol. The van der Waals surface area contributed by atoms with Crippen LogP contribution in [0.1, 0.15) is 37.8 Å². The van der Waals surface area contributed by atoms with Crippen molar-refractivity contribution in [2.24, 2.45) is 0 Å². The molecule has 0 saturated carbocycles. The van der Waals surface area contributed by atoms with Gasteiger partial charge in [0.1, 0.15) is 5.82 Å². The van der Waals surface area contributed by atoms with Gasteiger partial charge in [-0.1, -0.05) is 26.0 Å². The predicted octanol–water partition coefficient (Wildman–Crippen LogP) is 3.93. The largest absolute Gasteiger partial charge is 0.304 e. The van der Waals surface area contributed by atoms with Crippen LogP contribution in [-0.4, -0.2) is 6.54 Å². The third kappa shape index (κ3) is 2.95. The Morgan fingerprint density at radius 1 is 1.41 bits per heavy atom. The van der Waals surface area contributed by atoms with E-state index in [1.54, 1.807) is 6.07 Å².